The van der Waals surface area contributed by atoms with Crippen LogP contribution in [0.1, 0.15) is 87.4 Å². The second kappa shape index (κ2) is 20.9. The van der Waals surface area contributed by atoms with Crippen LogP contribution in [0.15, 0.2) is 48.5 Å². The van der Waals surface area contributed by atoms with Crippen LogP contribution in [0.5, 0.6) is 5.75 Å². The van der Waals surface area contributed by atoms with Crippen molar-refractivity contribution in [1.82, 2.24) is 31.1 Å². The summed E-state index contributed by atoms with van der Waals surface area (Å²) in [7, 11) is 3.12. The van der Waals surface area contributed by atoms with Crippen molar-refractivity contribution < 1.29 is 43.0 Å². The molecule has 5 rings (SSSR count). The first-order valence-corrected chi connectivity index (χ1v) is 20.5. The second-order valence-corrected chi connectivity index (χ2v) is 15.7. The maximum atomic E-state index is 14.6. The summed E-state index contributed by atoms with van der Waals surface area (Å²) in [6.45, 7) is 3.95. The van der Waals surface area contributed by atoms with Crippen molar-refractivity contribution in [2.75, 3.05) is 40.4 Å². The molecule has 6 amide bonds. The van der Waals surface area contributed by atoms with Crippen molar-refractivity contribution in [3.63, 3.8) is 0 Å². The third-order valence-electron chi connectivity index (χ3n) is 11.0. The van der Waals surface area contributed by atoms with Crippen LogP contribution in [-0.2, 0) is 44.7 Å². The molecule has 2 aromatic rings. The standard InChI is InChI=1S/C43H58N6O9/c1-5-13-32(39(52)41(54)44-25-36(51)47-37(42(55)48(3)4)29-14-8-6-9-15-29)45-40(53)33-24-31-26-49(33)43(56)38(30-16-10-7-11-17-30)46-35(50)23-28-19-18-27(2)34(22-28)58-21-12-20-57-31/h6,8-9,14-15,18-19,22,30-33,37-38H,5,7,10-13,16-17,20-21,23-26H2,1-4H3,(H,44,54)(H,45,53)(H,46,50)(H,47,51)/t31-,32-,33?,37+,38+/m1/s1. The number of nitrogens with zero attached hydrogens (tertiary/aromatic N) is 2. The van der Waals surface area contributed by atoms with Gasteiger partial charge in [0.1, 0.15) is 23.9 Å². The molecule has 1 saturated carbocycles. The smallest absolute Gasteiger partial charge is 0.290 e. The number of Topliss-reactive ketones (excluding diaryl/α,β-unsaturated/α-hetero) is 1. The largest absolute Gasteiger partial charge is 0.493 e. The van der Waals surface area contributed by atoms with E-state index < -0.39 is 60.3 Å². The van der Waals surface area contributed by atoms with Crippen LogP contribution < -0.4 is 26.0 Å². The van der Waals surface area contributed by atoms with Crippen molar-refractivity contribution >= 4 is 41.2 Å². The molecule has 2 aromatic carbocycles. The van der Waals surface area contributed by atoms with Crippen LogP contribution in [0.25, 0.3) is 0 Å². The van der Waals surface area contributed by atoms with Crippen LogP contribution >= 0.6 is 0 Å². The Morgan fingerprint density at radius 3 is 2.40 bits per heavy atom. The van der Waals surface area contributed by atoms with Gasteiger partial charge in [-0.15, -0.1) is 0 Å². The zero-order chi connectivity index (χ0) is 41.8. The quantitative estimate of drug-likeness (QED) is 0.233. The number of ketones is 1. The van der Waals surface area contributed by atoms with Crippen molar-refractivity contribution in [3.05, 3.63) is 65.2 Å². The molecule has 1 unspecified atom stereocenters. The molecule has 2 fully saturated rings. The summed E-state index contributed by atoms with van der Waals surface area (Å²) in [6.07, 6.45) is 5.20. The molecule has 4 bridgehead atoms. The molecule has 0 radical (unpaired) electrons. The Bertz CT molecular complexity index is 1800. The van der Waals surface area contributed by atoms with Gasteiger partial charge in [-0.1, -0.05) is 75.1 Å². The Hall–Kier alpha value is -5.31. The summed E-state index contributed by atoms with van der Waals surface area (Å²) in [5.74, 6) is -3.85. The Balaban J connectivity index is 1.29. The molecular weight excluding hydrogens is 745 g/mol. The van der Waals surface area contributed by atoms with E-state index in [1.54, 1.807) is 51.4 Å². The monoisotopic (exact) mass is 802 g/mol. The van der Waals surface area contributed by atoms with Gasteiger partial charge >= 0.3 is 0 Å². The molecule has 58 heavy (non-hydrogen) atoms. The van der Waals surface area contributed by atoms with Gasteiger partial charge in [-0.3, -0.25) is 33.6 Å². The SMILES string of the molecule is CCC[C@@H](NC(=O)C1C[C@@H]2CN1C(=O)[C@H](C1CCCCC1)NC(=O)Cc1ccc(C)c(c1)OCCCO2)C(=O)C(=O)NCC(=O)N[C@H](C(=O)N(C)C)c1ccccc1. The summed E-state index contributed by atoms with van der Waals surface area (Å²) in [5.41, 5.74) is 2.24. The first-order valence-electron chi connectivity index (χ1n) is 20.5. The first-order chi connectivity index (χ1) is 27.9. The van der Waals surface area contributed by atoms with E-state index in [1.807, 2.05) is 25.1 Å². The lowest BCUT2D eigenvalue weighted by Gasteiger charge is -2.35. The molecule has 0 spiro atoms. The third-order valence-corrected chi connectivity index (χ3v) is 11.0. The zero-order valence-corrected chi connectivity index (χ0v) is 34.1. The Kier molecular flexibility index (Phi) is 15.8. The van der Waals surface area contributed by atoms with Gasteiger partial charge in [0.15, 0.2) is 0 Å². The van der Waals surface area contributed by atoms with E-state index >= 15 is 0 Å². The number of likely N-dealkylation sites (N-methyl/N-ethyl adjacent to an activating group) is 1. The van der Waals surface area contributed by atoms with E-state index in [9.17, 15) is 33.6 Å². The molecular formula is C43H58N6O9. The van der Waals surface area contributed by atoms with Crippen LogP contribution in [0.2, 0.25) is 0 Å². The fraction of sp³-hybridized carbons (Fsp3) is 0.558. The minimum atomic E-state index is -1.24. The normalized spacial score (nSPS) is 21.4. The highest BCUT2D eigenvalue weighted by atomic mass is 16.5. The molecule has 3 aliphatic rings. The second-order valence-electron chi connectivity index (χ2n) is 15.7. The van der Waals surface area contributed by atoms with Crippen LogP contribution in [-0.4, -0.2) is 116 Å². The van der Waals surface area contributed by atoms with Gasteiger partial charge < -0.3 is 40.5 Å². The van der Waals surface area contributed by atoms with Crippen LogP contribution in [0.4, 0.5) is 0 Å². The number of benzene rings is 2. The Morgan fingerprint density at radius 1 is 0.948 bits per heavy atom. The number of amides is 6. The molecule has 1 saturated heterocycles. The number of fused-ring (bicyclic) bond motifs is 4. The number of hydrogen-bond donors (Lipinski definition) is 4. The summed E-state index contributed by atoms with van der Waals surface area (Å²) >= 11 is 0. The molecule has 15 nitrogen and oxygen atoms in total. The Morgan fingerprint density at radius 2 is 1.69 bits per heavy atom. The maximum Gasteiger partial charge on any atom is 0.290 e. The van der Waals surface area contributed by atoms with Gasteiger partial charge in [0, 0.05) is 33.5 Å². The topological polar surface area (TPSA) is 193 Å². The molecule has 5 atom stereocenters. The third kappa shape index (κ3) is 11.6. The predicted molar refractivity (Wildman–Crippen MR) is 214 cm³/mol. The molecule has 0 aromatic heterocycles. The first kappa shape index (κ1) is 43.8. The molecule has 2 heterocycles. The highest BCUT2D eigenvalue weighted by molar-refractivity contribution is 6.38. The van der Waals surface area contributed by atoms with Gasteiger partial charge in [0.05, 0.1) is 38.3 Å². The van der Waals surface area contributed by atoms with Crippen molar-refractivity contribution in [1.29, 1.82) is 0 Å². The maximum absolute atomic E-state index is 14.6. The summed E-state index contributed by atoms with van der Waals surface area (Å²) in [6, 6.07) is 10.1. The Labute approximate surface area is 340 Å². The number of aryl methyl sites for hydroxylation is 1. The lowest BCUT2D eigenvalue weighted by atomic mass is 9.83. The predicted octanol–water partition coefficient (Wildman–Crippen LogP) is 2.29. The van der Waals surface area contributed by atoms with E-state index in [4.69, 9.17) is 9.47 Å². The average Bonchev–Trinajstić information content (AvgIpc) is 3.65. The molecule has 15 heteroatoms. The van der Waals surface area contributed by atoms with E-state index in [0.717, 1.165) is 43.2 Å². The number of ether oxygens (including phenoxy) is 2. The van der Waals surface area contributed by atoms with E-state index in [-0.39, 0.29) is 49.4 Å². The minimum absolute atomic E-state index is 0.0507. The summed E-state index contributed by atoms with van der Waals surface area (Å²) in [5, 5.41) is 10.7. The molecule has 1 aliphatic carbocycles. The number of carbonyl (C=O) groups is 7. The molecule has 4 N–H and O–H groups in total. The number of hydrogen-bond acceptors (Lipinski definition) is 9. The lowest BCUT2D eigenvalue weighted by Crippen LogP contribution is -2.58. The lowest BCUT2D eigenvalue weighted by molar-refractivity contribution is -0.144. The summed E-state index contributed by atoms with van der Waals surface area (Å²) in [4.78, 5) is 97.6. The number of carbonyl (C=O) groups excluding carboxylic acids is 7. The molecule has 2 aliphatic heterocycles. The van der Waals surface area contributed by atoms with Crippen LogP contribution in [0.3, 0.4) is 0 Å². The van der Waals surface area contributed by atoms with Gasteiger partial charge in [0.2, 0.25) is 35.3 Å². The van der Waals surface area contributed by atoms with Crippen LogP contribution in [0, 0.1) is 12.8 Å². The van der Waals surface area contributed by atoms with E-state index in [2.05, 4.69) is 21.3 Å². The fourth-order valence-corrected chi connectivity index (χ4v) is 7.88. The van der Waals surface area contributed by atoms with Crippen molar-refractivity contribution in [3.8, 4) is 5.75 Å². The van der Waals surface area contributed by atoms with Gasteiger partial charge in [-0.05, 0) is 54.9 Å². The van der Waals surface area contributed by atoms with Crippen molar-refractivity contribution in [2.45, 2.75) is 108 Å². The zero-order valence-electron chi connectivity index (χ0n) is 34.1. The minimum Gasteiger partial charge on any atom is -0.493 e. The van der Waals surface area contributed by atoms with Gasteiger partial charge in [-0.2, -0.15) is 0 Å². The highest BCUT2D eigenvalue weighted by Crippen LogP contribution is 2.31. The van der Waals surface area contributed by atoms with Gasteiger partial charge in [0.25, 0.3) is 5.91 Å². The van der Waals surface area contributed by atoms with Crippen molar-refractivity contribution in [2.24, 2.45) is 5.92 Å². The molecule has 314 valence electrons. The fourth-order valence-electron chi connectivity index (χ4n) is 7.88. The number of rotatable bonds is 12. The number of nitrogens with one attached hydrogen (secondary N) is 4. The highest BCUT2D eigenvalue weighted by Gasteiger charge is 2.45. The summed E-state index contributed by atoms with van der Waals surface area (Å²) < 4.78 is 12.2. The van der Waals surface area contributed by atoms with Gasteiger partial charge in [-0.25, -0.2) is 0 Å². The van der Waals surface area contributed by atoms with E-state index in [1.165, 1.54) is 9.80 Å². The average molecular weight is 803 g/mol. The van der Waals surface area contributed by atoms with E-state index in [0.29, 0.717) is 37.4 Å².